The Morgan fingerprint density at radius 1 is 0.808 bits per heavy atom. The topological polar surface area (TPSA) is 46.0 Å². The molecule has 0 saturated carbocycles. The monoisotopic (exact) mass is 341 g/mol. The molecule has 0 bridgehead atoms. The van der Waals surface area contributed by atoms with Crippen LogP contribution in [0, 0.1) is 6.92 Å². The summed E-state index contributed by atoms with van der Waals surface area (Å²) in [4.78, 5) is 4.81. The first-order chi connectivity index (χ1) is 12.7. The molecular formula is C22H19N3O. The van der Waals surface area contributed by atoms with Crippen LogP contribution in [0.2, 0.25) is 0 Å². The first kappa shape index (κ1) is 16.1. The lowest BCUT2D eigenvalue weighted by molar-refractivity contribution is 0.415. The van der Waals surface area contributed by atoms with Crippen LogP contribution in [0.5, 0.6) is 5.75 Å². The Labute approximate surface area is 152 Å². The molecule has 0 aliphatic carbocycles. The molecule has 0 spiro atoms. The summed E-state index contributed by atoms with van der Waals surface area (Å²) in [7, 11) is 1.66. The van der Waals surface area contributed by atoms with Gasteiger partial charge in [-0.2, -0.15) is 5.10 Å². The molecule has 4 rings (SSSR count). The van der Waals surface area contributed by atoms with E-state index in [2.05, 4.69) is 41.7 Å². The zero-order valence-corrected chi connectivity index (χ0v) is 14.7. The van der Waals surface area contributed by atoms with Gasteiger partial charge in [0.25, 0.3) is 0 Å². The number of nitrogens with zero attached hydrogens (tertiary/aromatic N) is 2. The molecule has 26 heavy (non-hydrogen) atoms. The number of hydrogen-bond acceptors (Lipinski definition) is 4. The van der Waals surface area contributed by atoms with Gasteiger partial charge in [0, 0.05) is 16.7 Å². The van der Waals surface area contributed by atoms with E-state index in [1.165, 1.54) is 5.56 Å². The Morgan fingerprint density at radius 2 is 1.50 bits per heavy atom. The lowest BCUT2D eigenvalue weighted by atomic mass is 10.0. The fourth-order valence-corrected chi connectivity index (χ4v) is 2.90. The Kier molecular flexibility index (Phi) is 4.23. The van der Waals surface area contributed by atoms with Gasteiger partial charge in [0.15, 0.2) is 5.84 Å². The molecule has 0 aromatic heterocycles. The first-order valence-corrected chi connectivity index (χ1v) is 8.48. The number of para-hydroxylation sites is 1. The van der Waals surface area contributed by atoms with E-state index in [0.29, 0.717) is 0 Å². The predicted molar refractivity (Wildman–Crippen MR) is 106 cm³/mol. The molecule has 1 heterocycles. The second kappa shape index (κ2) is 6.84. The number of amidine groups is 1. The number of benzene rings is 3. The number of aliphatic imine (C=N–C) groups is 1. The minimum atomic E-state index is 0.737. The van der Waals surface area contributed by atoms with Crippen molar-refractivity contribution < 1.29 is 4.74 Å². The van der Waals surface area contributed by atoms with E-state index in [1.54, 1.807) is 7.11 Å². The molecule has 1 aliphatic heterocycles. The van der Waals surface area contributed by atoms with Crippen LogP contribution in [0.3, 0.4) is 0 Å². The molecule has 3 aromatic carbocycles. The van der Waals surface area contributed by atoms with E-state index in [0.717, 1.165) is 39.7 Å². The van der Waals surface area contributed by atoms with Crippen LogP contribution in [0.4, 0.5) is 5.69 Å². The Balaban J connectivity index is 1.80. The van der Waals surface area contributed by atoms with Gasteiger partial charge in [-0.15, -0.1) is 0 Å². The van der Waals surface area contributed by atoms with E-state index in [1.807, 2.05) is 48.5 Å². The van der Waals surface area contributed by atoms with E-state index in [9.17, 15) is 0 Å². The Bertz CT molecular complexity index is 987. The molecule has 0 atom stereocenters. The summed E-state index contributed by atoms with van der Waals surface area (Å²) in [5.41, 5.74) is 9.11. The molecule has 3 aromatic rings. The van der Waals surface area contributed by atoms with Crippen molar-refractivity contribution in [1.82, 2.24) is 5.43 Å². The van der Waals surface area contributed by atoms with Crippen molar-refractivity contribution >= 4 is 17.2 Å². The van der Waals surface area contributed by atoms with Gasteiger partial charge in [-0.25, -0.2) is 4.99 Å². The predicted octanol–water partition coefficient (Wildman–Crippen LogP) is 4.44. The van der Waals surface area contributed by atoms with Gasteiger partial charge >= 0.3 is 0 Å². The van der Waals surface area contributed by atoms with Crippen LogP contribution in [-0.4, -0.2) is 18.7 Å². The molecule has 0 fully saturated rings. The van der Waals surface area contributed by atoms with Crippen molar-refractivity contribution in [2.75, 3.05) is 7.11 Å². The van der Waals surface area contributed by atoms with Crippen LogP contribution in [0.1, 0.15) is 22.3 Å². The van der Waals surface area contributed by atoms with Gasteiger partial charge < -0.3 is 4.74 Å². The van der Waals surface area contributed by atoms with E-state index >= 15 is 0 Å². The molecule has 0 amide bonds. The minimum Gasteiger partial charge on any atom is -0.497 e. The highest BCUT2D eigenvalue weighted by Crippen LogP contribution is 2.26. The van der Waals surface area contributed by atoms with Crippen LogP contribution in [0.25, 0.3) is 0 Å². The number of aryl methyl sites for hydroxylation is 1. The summed E-state index contributed by atoms with van der Waals surface area (Å²) in [6.45, 7) is 2.07. The summed E-state index contributed by atoms with van der Waals surface area (Å²) >= 11 is 0. The van der Waals surface area contributed by atoms with Crippen molar-refractivity contribution in [3.05, 3.63) is 95.1 Å². The van der Waals surface area contributed by atoms with Crippen molar-refractivity contribution in [3.8, 4) is 5.75 Å². The van der Waals surface area contributed by atoms with Crippen molar-refractivity contribution in [1.29, 1.82) is 0 Å². The van der Waals surface area contributed by atoms with Crippen molar-refractivity contribution in [3.63, 3.8) is 0 Å². The molecule has 0 saturated heterocycles. The first-order valence-electron chi connectivity index (χ1n) is 8.48. The smallest absolute Gasteiger partial charge is 0.154 e. The van der Waals surface area contributed by atoms with Gasteiger partial charge in [0.1, 0.15) is 5.75 Å². The summed E-state index contributed by atoms with van der Waals surface area (Å²) in [6.07, 6.45) is 0. The van der Waals surface area contributed by atoms with Gasteiger partial charge in [-0.1, -0.05) is 48.0 Å². The number of fused-ring (bicyclic) bond motifs is 1. The van der Waals surface area contributed by atoms with Gasteiger partial charge in [-0.3, -0.25) is 5.43 Å². The lowest BCUT2D eigenvalue weighted by Gasteiger charge is -2.08. The molecule has 1 aliphatic rings. The molecule has 4 heteroatoms. The third kappa shape index (κ3) is 3.09. The number of methoxy groups -OCH3 is 1. The lowest BCUT2D eigenvalue weighted by Crippen LogP contribution is -2.19. The van der Waals surface area contributed by atoms with Gasteiger partial charge in [0.2, 0.25) is 0 Å². The molecule has 4 nitrogen and oxygen atoms in total. The number of hydrazone groups is 1. The van der Waals surface area contributed by atoms with Gasteiger partial charge in [-0.05, 0) is 37.3 Å². The SMILES string of the molecule is COc1ccc(C2=NNC(c3ccc(C)cc3)=Nc3ccccc32)cc1. The maximum Gasteiger partial charge on any atom is 0.154 e. The van der Waals surface area contributed by atoms with Crippen molar-refractivity contribution in [2.24, 2.45) is 10.1 Å². The average Bonchev–Trinajstić information content (AvgIpc) is 2.88. The van der Waals surface area contributed by atoms with Crippen molar-refractivity contribution in [2.45, 2.75) is 6.92 Å². The number of hydrogen-bond donors (Lipinski definition) is 1. The highest BCUT2D eigenvalue weighted by atomic mass is 16.5. The zero-order valence-electron chi connectivity index (χ0n) is 14.7. The molecule has 0 unspecified atom stereocenters. The summed E-state index contributed by atoms with van der Waals surface area (Å²) < 4.78 is 5.26. The summed E-state index contributed by atoms with van der Waals surface area (Å²) in [6, 6.07) is 24.2. The molecule has 128 valence electrons. The van der Waals surface area contributed by atoms with E-state index < -0.39 is 0 Å². The van der Waals surface area contributed by atoms with Crippen LogP contribution >= 0.6 is 0 Å². The second-order valence-electron chi connectivity index (χ2n) is 6.14. The number of rotatable bonds is 3. The molecule has 1 N–H and O–H groups in total. The largest absolute Gasteiger partial charge is 0.497 e. The third-order valence-corrected chi connectivity index (χ3v) is 4.35. The third-order valence-electron chi connectivity index (χ3n) is 4.35. The standard InChI is InChI=1S/C22H19N3O/c1-15-7-9-17(10-8-15)22-23-20-6-4-3-5-19(20)21(24-25-22)16-11-13-18(26-2)14-12-16/h3-14H,1-2H3,(H,23,25). The zero-order chi connectivity index (χ0) is 17.9. The number of nitrogens with one attached hydrogen (secondary N) is 1. The van der Waals surface area contributed by atoms with E-state index in [-0.39, 0.29) is 0 Å². The summed E-state index contributed by atoms with van der Waals surface area (Å²) in [5, 5.41) is 4.67. The minimum absolute atomic E-state index is 0.737. The average molecular weight is 341 g/mol. The second-order valence-corrected chi connectivity index (χ2v) is 6.14. The highest BCUT2D eigenvalue weighted by Gasteiger charge is 2.16. The fraction of sp³-hybridized carbons (Fsp3) is 0.0909. The molecular weight excluding hydrogens is 322 g/mol. The molecule has 0 radical (unpaired) electrons. The normalized spacial score (nSPS) is 13.0. The quantitative estimate of drug-likeness (QED) is 0.765. The highest BCUT2D eigenvalue weighted by molar-refractivity contribution is 6.18. The number of ether oxygens (including phenoxy) is 1. The Morgan fingerprint density at radius 3 is 2.23 bits per heavy atom. The van der Waals surface area contributed by atoms with Gasteiger partial charge in [0.05, 0.1) is 18.5 Å². The van der Waals surface area contributed by atoms with Crippen LogP contribution in [0.15, 0.2) is 82.9 Å². The maximum atomic E-state index is 5.26. The van der Waals surface area contributed by atoms with Crippen LogP contribution < -0.4 is 10.2 Å². The maximum absolute atomic E-state index is 5.26. The van der Waals surface area contributed by atoms with Crippen LogP contribution in [-0.2, 0) is 0 Å². The van der Waals surface area contributed by atoms with E-state index in [4.69, 9.17) is 9.73 Å². The fourth-order valence-electron chi connectivity index (χ4n) is 2.90. The Hall–Kier alpha value is -3.40. The summed E-state index contributed by atoms with van der Waals surface area (Å²) in [5.74, 6) is 1.56.